The van der Waals surface area contributed by atoms with Crippen molar-refractivity contribution >= 4 is 16.9 Å². The van der Waals surface area contributed by atoms with Crippen LogP contribution in [0.5, 0.6) is 0 Å². The van der Waals surface area contributed by atoms with E-state index in [1.807, 2.05) is 37.4 Å². The molecule has 100 valence electrons. The van der Waals surface area contributed by atoms with E-state index in [9.17, 15) is 4.79 Å². The van der Waals surface area contributed by atoms with E-state index in [1.165, 1.54) is 7.11 Å². The first-order chi connectivity index (χ1) is 9.70. The molecule has 1 aromatic heterocycles. The van der Waals surface area contributed by atoms with E-state index in [2.05, 4.69) is 22.8 Å². The maximum atomic E-state index is 11.6. The first-order valence-electron chi connectivity index (χ1n) is 6.44. The van der Waals surface area contributed by atoms with Crippen molar-refractivity contribution in [1.29, 1.82) is 0 Å². The number of rotatable bonds is 2. The van der Waals surface area contributed by atoms with Gasteiger partial charge in [-0.3, -0.25) is 0 Å². The number of esters is 1. The lowest BCUT2D eigenvalue weighted by Gasteiger charge is -2.04. The molecule has 0 aliphatic carbocycles. The Morgan fingerprint density at radius 2 is 1.80 bits per heavy atom. The van der Waals surface area contributed by atoms with Crippen molar-refractivity contribution in [3.63, 3.8) is 0 Å². The molecule has 3 nitrogen and oxygen atoms in total. The molecule has 3 heteroatoms. The fourth-order valence-corrected chi connectivity index (χ4v) is 2.48. The summed E-state index contributed by atoms with van der Waals surface area (Å²) in [6.45, 7) is 0. The van der Waals surface area contributed by atoms with E-state index in [-0.39, 0.29) is 5.97 Å². The molecule has 0 bridgehead atoms. The molecular formula is C17H15NO2. The Morgan fingerprint density at radius 1 is 1.05 bits per heavy atom. The highest BCUT2D eigenvalue weighted by Gasteiger charge is 2.11. The molecule has 0 N–H and O–H groups in total. The smallest absolute Gasteiger partial charge is 0.337 e. The van der Waals surface area contributed by atoms with Gasteiger partial charge < -0.3 is 9.30 Å². The first-order valence-corrected chi connectivity index (χ1v) is 6.44. The van der Waals surface area contributed by atoms with Crippen LogP contribution in [-0.4, -0.2) is 17.6 Å². The molecule has 20 heavy (non-hydrogen) atoms. The minimum Gasteiger partial charge on any atom is -0.465 e. The third-order valence-corrected chi connectivity index (χ3v) is 3.53. The lowest BCUT2D eigenvalue weighted by atomic mass is 10.1. The third-order valence-electron chi connectivity index (χ3n) is 3.53. The predicted octanol–water partition coefficient (Wildman–Crippen LogP) is 3.63. The minimum atomic E-state index is -0.308. The van der Waals surface area contributed by atoms with Gasteiger partial charge in [0.1, 0.15) is 0 Å². The molecule has 3 rings (SSSR count). The maximum Gasteiger partial charge on any atom is 0.337 e. The molecule has 2 aromatic carbocycles. The Balaban J connectivity index is 2.17. The summed E-state index contributed by atoms with van der Waals surface area (Å²) in [5.74, 6) is -0.308. The fraction of sp³-hybridized carbons (Fsp3) is 0.118. The van der Waals surface area contributed by atoms with E-state index < -0.39 is 0 Å². The molecule has 0 atom stereocenters. The number of fused-ring (bicyclic) bond motifs is 1. The van der Waals surface area contributed by atoms with Gasteiger partial charge in [0.05, 0.1) is 12.7 Å². The first kappa shape index (κ1) is 12.5. The fourth-order valence-electron chi connectivity index (χ4n) is 2.48. The van der Waals surface area contributed by atoms with Gasteiger partial charge in [-0.1, -0.05) is 30.3 Å². The van der Waals surface area contributed by atoms with Gasteiger partial charge >= 0.3 is 5.97 Å². The van der Waals surface area contributed by atoms with E-state index >= 15 is 0 Å². The molecule has 0 saturated carbocycles. The molecule has 0 fully saturated rings. The van der Waals surface area contributed by atoms with Crippen LogP contribution in [0.2, 0.25) is 0 Å². The molecule has 0 unspecified atom stereocenters. The van der Waals surface area contributed by atoms with Gasteiger partial charge in [0.2, 0.25) is 0 Å². The second kappa shape index (κ2) is 4.85. The Bertz CT molecular complexity index is 772. The summed E-state index contributed by atoms with van der Waals surface area (Å²) in [4.78, 5) is 11.6. The molecule has 0 aliphatic rings. The second-order valence-electron chi connectivity index (χ2n) is 4.72. The van der Waals surface area contributed by atoms with E-state index in [0.29, 0.717) is 5.56 Å². The zero-order valence-electron chi connectivity index (χ0n) is 11.5. The zero-order chi connectivity index (χ0) is 14.1. The quantitative estimate of drug-likeness (QED) is 0.662. The Hall–Kier alpha value is -2.55. The Morgan fingerprint density at radius 3 is 2.50 bits per heavy atom. The number of carbonyl (C=O) groups is 1. The largest absolute Gasteiger partial charge is 0.465 e. The van der Waals surface area contributed by atoms with Gasteiger partial charge in [0.15, 0.2) is 0 Å². The topological polar surface area (TPSA) is 31.2 Å². The second-order valence-corrected chi connectivity index (χ2v) is 4.72. The van der Waals surface area contributed by atoms with Crippen molar-refractivity contribution in [3.8, 4) is 11.3 Å². The van der Waals surface area contributed by atoms with Crippen LogP contribution in [0.1, 0.15) is 10.4 Å². The van der Waals surface area contributed by atoms with Crippen molar-refractivity contribution in [2.24, 2.45) is 7.05 Å². The van der Waals surface area contributed by atoms with Crippen LogP contribution in [0.25, 0.3) is 22.2 Å². The number of ether oxygens (including phenoxy) is 1. The molecule has 0 amide bonds. The lowest BCUT2D eigenvalue weighted by Crippen LogP contribution is -2.00. The van der Waals surface area contributed by atoms with Crippen molar-refractivity contribution < 1.29 is 9.53 Å². The van der Waals surface area contributed by atoms with Crippen LogP contribution in [0.3, 0.4) is 0 Å². The van der Waals surface area contributed by atoms with Gasteiger partial charge in [-0.25, -0.2) is 4.79 Å². The van der Waals surface area contributed by atoms with E-state index in [0.717, 1.165) is 22.2 Å². The Labute approximate surface area is 117 Å². The molecular weight excluding hydrogens is 250 g/mol. The predicted molar refractivity (Wildman–Crippen MR) is 79.7 cm³/mol. The molecule has 0 aliphatic heterocycles. The van der Waals surface area contributed by atoms with Gasteiger partial charge in [0.25, 0.3) is 0 Å². The highest BCUT2D eigenvalue weighted by molar-refractivity contribution is 5.96. The summed E-state index contributed by atoms with van der Waals surface area (Å²) in [5, 5.41) is 1.04. The van der Waals surface area contributed by atoms with Crippen molar-refractivity contribution in [1.82, 2.24) is 4.57 Å². The maximum absolute atomic E-state index is 11.6. The van der Waals surface area contributed by atoms with Crippen LogP contribution in [0, 0.1) is 0 Å². The summed E-state index contributed by atoms with van der Waals surface area (Å²) >= 11 is 0. The zero-order valence-corrected chi connectivity index (χ0v) is 11.5. The Kier molecular flexibility index (Phi) is 3.03. The summed E-state index contributed by atoms with van der Waals surface area (Å²) in [6.07, 6.45) is 0. The number of aromatic nitrogens is 1. The average Bonchev–Trinajstić information content (AvgIpc) is 2.84. The number of hydrogen-bond donors (Lipinski definition) is 0. The summed E-state index contributed by atoms with van der Waals surface area (Å²) < 4.78 is 6.89. The number of hydrogen-bond acceptors (Lipinski definition) is 2. The summed E-state index contributed by atoms with van der Waals surface area (Å²) in [5.41, 5.74) is 3.95. The molecule has 3 aromatic rings. The van der Waals surface area contributed by atoms with Crippen LogP contribution in [0.4, 0.5) is 0 Å². The molecule has 1 heterocycles. The monoisotopic (exact) mass is 265 g/mol. The third kappa shape index (κ3) is 1.97. The number of benzene rings is 2. The number of methoxy groups -OCH3 is 1. The van der Waals surface area contributed by atoms with Gasteiger partial charge in [-0.15, -0.1) is 0 Å². The van der Waals surface area contributed by atoms with Crippen LogP contribution in [0.15, 0.2) is 54.6 Å². The molecule has 0 spiro atoms. The van der Waals surface area contributed by atoms with Gasteiger partial charge in [0, 0.05) is 23.6 Å². The highest BCUT2D eigenvalue weighted by atomic mass is 16.5. The minimum absolute atomic E-state index is 0.308. The van der Waals surface area contributed by atoms with Gasteiger partial charge in [-0.2, -0.15) is 0 Å². The number of carbonyl (C=O) groups excluding carboxylic acids is 1. The van der Waals surface area contributed by atoms with E-state index in [4.69, 9.17) is 4.74 Å². The highest BCUT2D eigenvalue weighted by Crippen LogP contribution is 2.27. The summed E-state index contributed by atoms with van der Waals surface area (Å²) in [6, 6.07) is 17.9. The SMILES string of the molecule is COC(=O)c1ccc2c(c1)cc(-c1ccccc1)n2C. The number of aryl methyl sites for hydroxylation is 1. The standard InChI is InChI=1S/C17H15NO2/c1-18-15-9-8-13(17(19)20-2)10-14(15)11-16(18)12-6-4-3-5-7-12/h3-11H,1-2H3. The van der Waals surface area contributed by atoms with Crippen LogP contribution in [-0.2, 0) is 11.8 Å². The van der Waals surface area contributed by atoms with Crippen molar-refractivity contribution in [3.05, 3.63) is 60.2 Å². The molecule has 0 radical (unpaired) electrons. The van der Waals surface area contributed by atoms with Crippen molar-refractivity contribution in [2.45, 2.75) is 0 Å². The van der Waals surface area contributed by atoms with Crippen LogP contribution >= 0.6 is 0 Å². The van der Waals surface area contributed by atoms with Crippen molar-refractivity contribution in [2.75, 3.05) is 7.11 Å². The van der Waals surface area contributed by atoms with E-state index in [1.54, 1.807) is 6.07 Å². The van der Waals surface area contributed by atoms with Gasteiger partial charge in [-0.05, 0) is 29.8 Å². The molecule has 0 saturated heterocycles. The summed E-state index contributed by atoms with van der Waals surface area (Å²) in [7, 11) is 3.43. The average molecular weight is 265 g/mol. The van der Waals surface area contributed by atoms with Crippen LogP contribution < -0.4 is 0 Å². The lowest BCUT2D eigenvalue weighted by molar-refractivity contribution is 0.0601. The normalized spacial score (nSPS) is 10.7. The number of nitrogens with zero attached hydrogens (tertiary/aromatic N) is 1.